The first kappa shape index (κ1) is 22.2. The predicted octanol–water partition coefficient (Wildman–Crippen LogP) is 3.24. The van der Waals surface area contributed by atoms with Crippen LogP contribution in [0.4, 0.5) is 17.6 Å². The third kappa shape index (κ3) is 4.32. The molecule has 1 aromatic rings. The van der Waals surface area contributed by atoms with E-state index in [9.17, 15) is 27.8 Å². The Balaban J connectivity index is 1.85. The summed E-state index contributed by atoms with van der Waals surface area (Å²) in [5.74, 6) is -1.01. The molecule has 0 bridgehead atoms. The Hall–Kier alpha value is -2.52. The molecule has 0 amide bonds. The van der Waals surface area contributed by atoms with E-state index in [0.717, 1.165) is 23.8 Å². The van der Waals surface area contributed by atoms with Crippen LogP contribution in [-0.2, 0) is 5.41 Å². The molecule has 0 fully saturated rings. The quantitative estimate of drug-likeness (QED) is 0.525. The van der Waals surface area contributed by atoms with Gasteiger partial charge in [-0.05, 0) is 36.1 Å². The number of benzene rings is 1. The molecule has 0 radical (unpaired) electrons. The van der Waals surface area contributed by atoms with E-state index in [0.29, 0.717) is 5.70 Å². The van der Waals surface area contributed by atoms with E-state index >= 15 is 0 Å². The molecule has 2 atom stereocenters. The number of phenolic OH excluding ortho intramolecular Hbond substituents is 1. The van der Waals surface area contributed by atoms with Crippen molar-refractivity contribution in [2.75, 3.05) is 13.6 Å². The molecule has 0 saturated heterocycles. The van der Waals surface area contributed by atoms with Gasteiger partial charge < -0.3 is 20.5 Å². The zero-order valence-electron chi connectivity index (χ0n) is 16.9. The van der Waals surface area contributed by atoms with E-state index in [1.165, 1.54) is 13.8 Å². The lowest BCUT2D eigenvalue weighted by Crippen LogP contribution is -2.55. The van der Waals surface area contributed by atoms with Crippen molar-refractivity contribution < 1.29 is 27.8 Å². The number of fused-ring (bicyclic) bond motifs is 1. The van der Waals surface area contributed by atoms with E-state index in [1.807, 2.05) is 6.08 Å². The highest BCUT2D eigenvalue weighted by Gasteiger charge is 2.56. The molecule has 3 rings (SSSR count). The Labute approximate surface area is 172 Å². The Morgan fingerprint density at radius 3 is 2.60 bits per heavy atom. The first-order chi connectivity index (χ1) is 13.8. The molecular formula is C21H25F4N3O2. The van der Waals surface area contributed by atoms with Crippen LogP contribution in [0.1, 0.15) is 25.8 Å². The largest absolute Gasteiger partial charge is 0.508 e. The number of hydrazine groups is 1. The maximum absolute atomic E-state index is 13.9. The van der Waals surface area contributed by atoms with Gasteiger partial charge in [0.05, 0.1) is 12.6 Å². The summed E-state index contributed by atoms with van der Waals surface area (Å²) in [5.41, 5.74) is -0.158. The van der Waals surface area contributed by atoms with Gasteiger partial charge in [0.25, 0.3) is 0 Å². The van der Waals surface area contributed by atoms with Crippen LogP contribution < -0.4 is 10.7 Å². The second-order valence-electron chi connectivity index (χ2n) is 8.37. The fraction of sp³-hybridized carbons (Fsp3) is 0.429. The first-order valence-corrected chi connectivity index (χ1v) is 9.44. The summed E-state index contributed by atoms with van der Waals surface area (Å²) in [6.07, 6.45) is 1.25. The van der Waals surface area contributed by atoms with Crippen LogP contribution in [0.15, 0.2) is 53.9 Å². The number of hydrogen-bond donors (Lipinski definition) is 4. The molecule has 2 unspecified atom stereocenters. The van der Waals surface area contributed by atoms with Gasteiger partial charge in [-0.2, -0.15) is 13.2 Å². The molecule has 164 valence electrons. The minimum absolute atomic E-state index is 0.00520. The number of aromatic hydroxyl groups is 1. The van der Waals surface area contributed by atoms with Crippen LogP contribution >= 0.6 is 0 Å². The van der Waals surface area contributed by atoms with Gasteiger partial charge >= 0.3 is 6.18 Å². The molecule has 0 aromatic heterocycles. The summed E-state index contributed by atoms with van der Waals surface area (Å²) >= 11 is 0. The summed E-state index contributed by atoms with van der Waals surface area (Å²) in [5, 5.41) is 25.2. The van der Waals surface area contributed by atoms with Gasteiger partial charge in [0.15, 0.2) is 5.60 Å². The summed E-state index contributed by atoms with van der Waals surface area (Å²) in [6, 6.07) is 2.93. The number of hydrogen-bond acceptors (Lipinski definition) is 5. The Bertz CT molecular complexity index is 908. The van der Waals surface area contributed by atoms with E-state index in [-0.39, 0.29) is 17.4 Å². The molecule has 0 spiro atoms. The summed E-state index contributed by atoms with van der Waals surface area (Å²) in [6.45, 7) is 2.05. The third-order valence-corrected chi connectivity index (χ3v) is 5.41. The van der Waals surface area contributed by atoms with E-state index in [4.69, 9.17) is 0 Å². The highest BCUT2D eigenvalue weighted by Crippen LogP contribution is 2.43. The van der Waals surface area contributed by atoms with Gasteiger partial charge in [-0.3, -0.25) is 0 Å². The Morgan fingerprint density at radius 1 is 1.23 bits per heavy atom. The molecule has 1 aromatic carbocycles. The van der Waals surface area contributed by atoms with Crippen LogP contribution in [0.5, 0.6) is 5.75 Å². The zero-order chi connectivity index (χ0) is 22.3. The SMILES string of the molecule is CN1C=C2C(NCC(O)(CC(C)(C)c3cc(F)ccc3O)C(F)(F)F)=CC=CC2N1. The number of allylic oxidation sites excluding steroid dienone is 2. The van der Waals surface area contributed by atoms with Crippen molar-refractivity contribution in [2.45, 2.75) is 43.5 Å². The smallest absolute Gasteiger partial charge is 0.418 e. The number of alkyl halides is 3. The Kier molecular flexibility index (Phi) is 5.64. The van der Waals surface area contributed by atoms with Crippen molar-refractivity contribution in [3.63, 3.8) is 0 Å². The third-order valence-electron chi connectivity index (χ3n) is 5.41. The van der Waals surface area contributed by atoms with Crippen LogP contribution in [0.3, 0.4) is 0 Å². The fourth-order valence-corrected chi connectivity index (χ4v) is 3.90. The van der Waals surface area contributed by atoms with Crippen LogP contribution in [0.2, 0.25) is 0 Å². The van der Waals surface area contributed by atoms with Gasteiger partial charge in [0.2, 0.25) is 0 Å². The second-order valence-corrected chi connectivity index (χ2v) is 8.37. The normalized spacial score (nSPS) is 21.1. The average molecular weight is 427 g/mol. The van der Waals surface area contributed by atoms with Crippen molar-refractivity contribution in [1.82, 2.24) is 15.8 Å². The molecular weight excluding hydrogens is 402 g/mol. The van der Waals surface area contributed by atoms with E-state index in [2.05, 4.69) is 10.7 Å². The van der Waals surface area contributed by atoms with Crippen molar-refractivity contribution >= 4 is 0 Å². The lowest BCUT2D eigenvalue weighted by Gasteiger charge is -2.38. The minimum atomic E-state index is -4.95. The van der Waals surface area contributed by atoms with Crippen molar-refractivity contribution in [2.24, 2.45) is 0 Å². The molecule has 1 aliphatic heterocycles. The van der Waals surface area contributed by atoms with Crippen molar-refractivity contribution in [1.29, 1.82) is 0 Å². The molecule has 5 nitrogen and oxygen atoms in total. The molecule has 1 heterocycles. The van der Waals surface area contributed by atoms with Gasteiger partial charge in [-0.25, -0.2) is 9.82 Å². The number of aliphatic hydroxyl groups is 1. The highest BCUT2D eigenvalue weighted by atomic mass is 19.4. The summed E-state index contributed by atoms with van der Waals surface area (Å²) in [4.78, 5) is 0. The number of phenols is 1. The molecule has 9 heteroatoms. The highest BCUT2D eigenvalue weighted by molar-refractivity contribution is 5.45. The van der Waals surface area contributed by atoms with Gasteiger partial charge in [0, 0.05) is 30.1 Å². The van der Waals surface area contributed by atoms with Gasteiger partial charge in [0.1, 0.15) is 11.6 Å². The average Bonchev–Trinajstić information content (AvgIpc) is 3.01. The van der Waals surface area contributed by atoms with Crippen LogP contribution in [0, 0.1) is 5.82 Å². The zero-order valence-corrected chi connectivity index (χ0v) is 16.9. The van der Waals surface area contributed by atoms with Gasteiger partial charge in [-0.15, -0.1) is 0 Å². The number of nitrogens with one attached hydrogen (secondary N) is 2. The molecule has 30 heavy (non-hydrogen) atoms. The first-order valence-electron chi connectivity index (χ1n) is 9.44. The minimum Gasteiger partial charge on any atom is -0.508 e. The van der Waals surface area contributed by atoms with E-state index < -0.39 is 36.0 Å². The molecule has 2 aliphatic rings. The lowest BCUT2D eigenvalue weighted by molar-refractivity contribution is -0.264. The number of rotatable bonds is 6. The fourth-order valence-electron chi connectivity index (χ4n) is 3.90. The van der Waals surface area contributed by atoms with E-state index in [1.54, 1.807) is 30.4 Å². The lowest BCUT2D eigenvalue weighted by atomic mass is 9.74. The van der Waals surface area contributed by atoms with Crippen LogP contribution in [0.25, 0.3) is 0 Å². The molecule has 1 aliphatic carbocycles. The number of nitrogens with zero attached hydrogens (tertiary/aromatic N) is 1. The predicted molar refractivity (Wildman–Crippen MR) is 105 cm³/mol. The monoisotopic (exact) mass is 427 g/mol. The molecule has 4 N–H and O–H groups in total. The topological polar surface area (TPSA) is 67.8 Å². The van der Waals surface area contributed by atoms with Crippen molar-refractivity contribution in [3.8, 4) is 5.75 Å². The van der Waals surface area contributed by atoms with Crippen LogP contribution in [-0.4, -0.2) is 46.6 Å². The number of halogens is 4. The standard InChI is InChI=1S/C21H25F4N3O2/c1-19(2,15-9-13(22)7-8-18(15)29)11-20(30,21(23,24)25)12-26-16-5-4-6-17-14(16)10-28(3)27-17/h4-10,17,26-27,29-30H,11-12H2,1-3H3. The second kappa shape index (κ2) is 7.63. The Morgan fingerprint density at radius 2 is 1.93 bits per heavy atom. The maximum atomic E-state index is 13.9. The maximum Gasteiger partial charge on any atom is 0.418 e. The van der Waals surface area contributed by atoms with Crippen molar-refractivity contribution in [3.05, 3.63) is 65.3 Å². The molecule has 0 saturated carbocycles. The summed E-state index contributed by atoms with van der Waals surface area (Å²) < 4.78 is 55.4. The summed E-state index contributed by atoms with van der Waals surface area (Å²) in [7, 11) is 1.77. The van der Waals surface area contributed by atoms with Gasteiger partial charge in [-0.1, -0.05) is 26.0 Å².